The van der Waals surface area contributed by atoms with Crippen LogP contribution in [0.3, 0.4) is 0 Å². The van der Waals surface area contributed by atoms with Crippen LogP contribution in [0.2, 0.25) is 0 Å². The third-order valence-corrected chi connectivity index (χ3v) is 6.44. The molecule has 4 rings (SSSR count). The van der Waals surface area contributed by atoms with E-state index >= 15 is 0 Å². The first kappa shape index (κ1) is 23.2. The van der Waals surface area contributed by atoms with Crippen LogP contribution in [-0.2, 0) is 19.9 Å². The van der Waals surface area contributed by atoms with Gasteiger partial charge in [-0.25, -0.2) is 4.79 Å². The number of carbonyl (C=O) groups excluding carboxylic acids is 3. The lowest BCUT2D eigenvalue weighted by Crippen LogP contribution is -2.51. The largest absolute Gasteiger partial charge is 0.444 e. The number of ether oxygens (including phenoxy) is 1. The molecule has 0 radical (unpaired) electrons. The molecule has 2 fully saturated rings. The van der Waals surface area contributed by atoms with Gasteiger partial charge in [-0.05, 0) is 69.9 Å². The Hall–Kier alpha value is -3.00. The molecule has 0 spiro atoms. The van der Waals surface area contributed by atoms with Gasteiger partial charge in [-0.1, -0.05) is 6.07 Å². The number of nitrogens with zero attached hydrogens (tertiary/aromatic N) is 2. The lowest BCUT2D eigenvalue weighted by Gasteiger charge is -2.43. The van der Waals surface area contributed by atoms with E-state index in [2.05, 4.69) is 10.3 Å². The Kier molecular flexibility index (Phi) is 5.90. The minimum absolute atomic E-state index is 0.192. The molecule has 1 aromatic heterocycles. The van der Waals surface area contributed by atoms with Crippen molar-refractivity contribution in [2.75, 3.05) is 6.54 Å². The molecule has 3 heterocycles. The van der Waals surface area contributed by atoms with Gasteiger partial charge in [0.05, 0.1) is 17.0 Å². The smallest absolute Gasteiger partial charge is 0.410 e. The molecule has 1 aromatic carbocycles. The van der Waals surface area contributed by atoms with E-state index < -0.39 is 17.1 Å². The molecule has 2 aromatic rings. The molecule has 8 heteroatoms. The van der Waals surface area contributed by atoms with Gasteiger partial charge in [-0.15, -0.1) is 0 Å². The fraction of sp³-hybridized carbons (Fsp3) is 0.520. The van der Waals surface area contributed by atoms with Gasteiger partial charge in [0.15, 0.2) is 0 Å². The normalized spacial score (nSPS) is 26.3. The zero-order valence-corrected chi connectivity index (χ0v) is 19.6. The summed E-state index contributed by atoms with van der Waals surface area (Å²) in [5, 5.41) is 14.7. The first-order chi connectivity index (χ1) is 15.4. The summed E-state index contributed by atoms with van der Waals surface area (Å²) < 4.78 is 5.51. The van der Waals surface area contributed by atoms with Crippen LogP contribution in [0, 0.1) is 0 Å². The zero-order valence-electron chi connectivity index (χ0n) is 19.6. The van der Waals surface area contributed by atoms with E-state index in [0.29, 0.717) is 32.2 Å². The van der Waals surface area contributed by atoms with Crippen LogP contribution in [0.15, 0.2) is 30.5 Å². The maximum Gasteiger partial charge on any atom is 0.410 e. The van der Waals surface area contributed by atoms with Crippen molar-refractivity contribution in [3.63, 3.8) is 0 Å². The quantitative estimate of drug-likeness (QED) is 0.675. The number of fused-ring (bicyclic) bond motifs is 1. The summed E-state index contributed by atoms with van der Waals surface area (Å²) in [6.07, 6.45) is 2.85. The Morgan fingerprint density at radius 2 is 2.03 bits per heavy atom. The fourth-order valence-electron chi connectivity index (χ4n) is 4.72. The van der Waals surface area contributed by atoms with Crippen LogP contribution in [-0.4, -0.2) is 51.1 Å². The average Bonchev–Trinajstić information content (AvgIpc) is 2.71. The van der Waals surface area contributed by atoms with Crippen molar-refractivity contribution in [2.45, 2.75) is 76.5 Å². The predicted molar refractivity (Wildman–Crippen MR) is 122 cm³/mol. The summed E-state index contributed by atoms with van der Waals surface area (Å²) in [6, 6.07) is 7.36. The van der Waals surface area contributed by atoms with Gasteiger partial charge in [0.2, 0.25) is 11.8 Å². The Balaban J connectivity index is 1.56. The highest BCUT2D eigenvalue weighted by atomic mass is 16.6. The topological polar surface area (TPSA) is 109 Å². The zero-order chi connectivity index (χ0) is 24.0. The van der Waals surface area contributed by atoms with Gasteiger partial charge in [0.1, 0.15) is 5.60 Å². The van der Waals surface area contributed by atoms with E-state index in [4.69, 9.17) is 4.74 Å². The second kappa shape index (κ2) is 8.41. The van der Waals surface area contributed by atoms with Gasteiger partial charge in [-0.2, -0.15) is 0 Å². The second-order valence-corrected chi connectivity index (χ2v) is 10.2. The Labute approximate surface area is 193 Å². The van der Waals surface area contributed by atoms with Gasteiger partial charge in [-0.3, -0.25) is 19.9 Å². The van der Waals surface area contributed by atoms with Crippen LogP contribution in [0.1, 0.15) is 70.4 Å². The summed E-state index contributed by atoms with van der Waals surface area (Å²) in [5.74, 6) is -0.963. The minimum atomic E-state index is -1.09. The molecule has 33 heavy (non-hydrogen) atoms. The number of rotatable bonds is 2. The lowest BCUT2D eigenvalue weighted by atomic mass is 9.81. The fourth-order valence-corrected chi connectivity index (χ4v) is 4.72. The number of carbonyl (C=O) groups is 3. The van der Waals surface area contributed by atoms with Crippen molar-refractivity contribution in [1.29, 1.82) is 0 Å². The highest BCUT2D eigenvalue weighted by molar-refractivity contribution is 6.01. The number of nitrogens with one attached hydrogen (secondary N) is 1. The van der Waals surface area contributed by atoms with E-state index in [1.165, 1.54) is 0 Å². The van der Waals surface area contributed by atoms with Crippen molar-refractivity contribution < 1.29 is 24.2 Å². The number of imide groups is 1. The number of hydrogen-bond donors (Lipinski definition) is 2. The molecule has 0 bridgehead atoms. The molecule has 2 saturated heterocycles. The summed E-state index contributed by atoms with van der Waals surface area (Å²) in [5.41, 5.74) is 0.614. The standard InChI is InChI=1S/C25H31N3O5/c1-15-13-25(32,9-10-28(15)23(31)33-24(2,3)4)18-5-7-20-16(12-18)11-17(14-26-20)19-6-8-21(29)27-22(19)30/h5,7,11-12,14-15,19,32H,6,8-10,13H2,1-4H3,(H,27,29,30). The van der Waals surface area contributed by atoms with Crippen LogP contribution in [0.4, 0.5) is 4.79 Å². The van der Waals surface area contributed by atoms with Crippen molar-refractivity contribution in [2.24, 2.45) is 0 Å². The first-order valence-electron chi connectivity index (χ1n) is 11.4. The van der Waals surface area contributed by atoms with Gasteiger partial charge < -0.3 is 14.7 Å². The molecule has 0 saturated carbocycles. The molecule has 3 atom stereocenters. The van der Waals surface area contributed by atoms with Crippen molar-refractivity contribution in [3.8, 4) is 0 Å². The Morgan fingerprint density at radius 3 is 2.70 bits per heavy atom. The Bertz CT molecular complexity index is 1110. The van der Waals surface area contributed by atoms with Crippen LogP contribution < -0.4 is 5.32 Å². The van der Waals surface area contributed by atoms with Crippen LogP contribution >= 0.6 is 0 Å². The number of amides is 3. The lowest BCUT2D eigenvalue weighted by molar-refractivity contribution is -0.134. The van der Waals surface area contributed by atoms with E-state index in [1.54, 1.807) is 11.1 Å². The van der Waals surface area contributed by atoms with E-state index in [-0.39, 0.29) is 23.9 Å². The molecule has 3 unspecified atom stereocenters. The molecule has 2 aliphatic rings. The molecule has 176 valence electrons. The summed E-state index contributed by atoms with van der Waals surface area (Å²) in [7, 11) is 0. The highest BCUT2D eigenvalue weighted by Gasteiger charge is 2.41. The highest BCUT2D eigenvalue weighted by Crippen LogP contribution is 2.38. The summed E-state index contributed by atoms with van der Waals surface area (Å²) >= 11 is 0. The SMILES string of the molecule is CC1CC(O)(c2ccc3ncc(C4CCC(=O)NC4=O)cc3c2)CCN1C(=O)OC(C)(C)C. The van der Waals surface area contributed by atoms with Gasteiger partial charge in [0.25, 0.3) is 0 Å². The van der Waals surface area contributed by atoms with Crippen LogP contribution in [0.5, 0.6) is 0 Å². The van der Waals surface area contributed by atoms with E-state index in [1.807, 2.05) is 52.0 Å². The first-order valence-corrected chi connectivity index (χ1v) is 11.4. The minimum Gasteiger partial charge on any atom is -0.444 e. The number of pyridine rings is 1. The third-order valence-electron chi connectivity index (χ3n) is 6.44. The summed E-state index contributed by atoms with van der Waals surface area (Å²) in [6.45, 7) is 7.81. The number of hydrogen-bond acceptors (Lipinski definition) is 6. The number of piperidine rings is 2. The summed E-state index contributed by atoms with van der Waals surface area (Å²) in [4.78, 5) is 42.4. The maximum atomic E-state index is 12.5. The van der Waals surface area contributed by atoms with Crippen molar-refractivity contribution >= 4 is 28.8 Å². The average molecular weight is 454 g/mol. The van der Waals surface area contributed by atoms with Crippen molar-refractivity contribution in [1.82, 2.24) is 15.2 Å². The molecule has 3 amide bonds. The third kappa shape index (κ3) is 4.85. The second-order valence-electron chi connectivity index (χ2n) is 10.2. The number of aliphatic hydroxyl groups is 1. The number of aromatic nitrogens is 1. The molecular weight excluding hydrogens is 422 g/mol. The van der Waals surface area contributed by atoms with Crippen molar-refractivity contribution in [3.05, 3.63) is 41.6 Å². The molecule has 2 aliphatic heterocycles. The van der Waals surface area contributed by atoms with Gasteiger partial charge in [0, 0.05) is 37.0 Å². The number of benzene rings is 1. The molecule has 2 N–H and O–H groups in total. The Morgan fingerprint density at radius 1 is 1.27 bits per heavy atom. The predicted octanol–water partition coefficient (Wildman–Crippen LogP) is 3.36. The van der Waals surface area contributed by atoms with E-state index in [9.17, 15) is 19.5 Å². The van der Waals surface area contributed by atoms with Gasteiger partial charge >= 0.3 is 6.09 Å². The molecular formula is C25H31N3O5. The van der Waals surface area contributed by atoms with Crippen LogP contribution in [0.25, 0.3) is 10.9 Å². The maximum absolute atomic E-state index is 12.5. The monoisotopic (exact) mass is 453 g/mol. The van der Waals surface area contributed by atoms with E-state index in [0.717, 1.165) is 22.0 Å². The molecule has 8 nitrogen and oxygen atoms in total. The molecule has 0 aliphatic carbocycles. The number of likely N-dealkylation sites (tertiary alicyclic amines) is 1.